The van der Waals surface area contributed by atoms with Crippen molar-refractivity contribution in [2.75, 3.05) is 0 Å². The van der Waals surface area contributed by atoms with Crippen molar-refractivity contribution in [3.8, 4) is 0 Å². The summed E-state index contributed by atoms with van der Waals surface area (Å²) in [6, 6.07) is 4.13. The number of hydrogen-bond donors (Lipinski definition) is 1. The summed E-state index contributed by atoms with van der Waals surface area (Å²) in [5.41, 5.74) is 4.09. The number of carbonyl (C=O) groups excluding carboxylic acids is 1. The summed E-state index contributed by atoms with van der Waals surface area (Å²) in [5.74, 6) is -0.0324. The molecule has 1 atom stereocenters. The molecule has 122 valence electrons. The highest BCUT2D eigenvalue weighted by molar-refractivity contribution is 5.99. The lowest BCUT2D eigenvalue weighted by Crippen LogP contribution is -2.34. The monoisotopic (exact) mass is 303 g/mol. The fourth-order valence-corrected chi connectivity index (χ4v) is 3.32. The molecular formula is C19H29NO2. The predicted octanol–water partition coefficient (Wildman–Crippen LogP) is 4.23. The van der Waals surface area contributed by atoms with Crippen molar-refractivity contribution in [1.29, 1.82) is 0 Å². The zero-order chi connectivity index (χ0) is 16.3. The molecule has 0 radical (unpaired) electrons. The number of aliphatic hydroxyl groups excluding tert-OH is 1. The molecule has 0 fully saturated rings. The number of rotatable bonds is 7. The van der Waals surface area contributed by atoms with E-state index in [1.54, 1.807) is 4.90 Å². The Kier molecular flexibility index (Phi) is 5.63. The van der Waals surface area contributed by atoms with E-state index in [0.717, 1.165) is 24.8 Å². The largest absolute Gasteiger partial charge is 0.369 e. The fourth-order valence-electron chi connectivity index (χ4n) is 3.32. The number of hydrogen-bond acceptors (Lipinski definition) is 2. The van der Waals surface area contributed by atoms with Crippen molar-refractivity contribution in [2.24, 2.45) is 0 Å². The van der Waals surface area contributed by atoms with E-state index in [9.17, 15) is 9.90 Å². The summed E-state index contributed by atoms with van der Waals surface area (Å²) in [5, 5.41) is 10.5. The van der Waals surface area contributed by atoms with Gasteiger partial charge < -0.3 is 10.0 Å². The molecule has 1 unspecified atom stereocenters. The average Bonchev–Trinajstić information content (AvgIpc) is 2.71. The molecule has 1 N–H and O–H groups in total. The minimum atomic E-state index is -0.789. The Morgan fingerprint density at radius 1 is 1.09 bits per heavy atom. The van der Waals surface area contributed by atoms with Gasteiger partial charge in [-0.3, -0.25) is 4.79 Å². The van der Waals surface area contributed by atoms with Crippen LogP contribution in [0.4, 0.5) is 0 Å². The van der Waals surface area contributed by atoms with Gasteiger partial charge in [0.2, 0.25) is 0 Å². The Morgan fingerprint density at radius 3 is 2.36 bits per heavy atom. The lowest BCUT2D eigenvalue weighted by atomic mass is 9.93. The van der Waals surface area contributed by atoms with Crippen molar-refractivity contribution in [1.82, 2.24) is 4.90 Å². The van der Waals surface area contributed by atoms with Crippen LogP contribution < -0.4 is 0 Å². The number of aryl methyl sites for hydroxylation is 2. The SMILES string of the molecule is CCCCCc1cc2c(cc1CCC)C(=O)N(C(C)C)C2O. The van der Waals surface area contributed by atoms with E-state index < -0.39 is 6.23 Å². The summed E-state index contributed by atoms with van der Waals surface area (Å²) < 4.78 is 0. The number of carbonyl (C=O) groups is 1. The van der Waals surface area contributed by atoms with Gasteiger partial charge in [-0.25, -0.2) is 0 Å². The molecule has 1 aromatic carbocycles. The molecular weight excluding hydrogens is 274 g/mol. The van der Waals surface area contributed by atoms with Gasteiger partial charge in [0.1, 0.15) is 0 Å². The van der Waals surface area contributed by atoms with Crippen LogP contribution in [-0.2, 0) is 12.8 Å². The first-order valence-electron chi connectivity index (χ1n) is 8.67. The number of nitrogens with zero attached hydrogens (tertiary/aromatic N) is 1. The van der Waals surface area contributed by atoms with E-state index in [0.29, 0.717) is 5.56 Å². The van der Waals surface area contributed by atoms with Gasteiger partial charge in [0, 0.05) is 17.2 Å². The quantitative estimate of drug-likeness (QED) is 0.766. The highest BCUT2D eigenvalue weighted by Crippen LogP contribution is 2.35. The zero-order valence-electron chi connectivity index (χ0n) is 14.4. The van der Waals surface area contributed by atoms with Crippen molar-refractivity contribution >= 4 is 5.91 Å². The van der Waals surface area contributed by atoms with Gasteiger partial charge in [-0.15, -0.1) is 0 Å². The molecule has 0 spiro atoms. The number of benzene rings is 1. The van der Waals surface area contributed by atoms with Crippen LogP contribution in [0, 0.1) is 0 Å². The van der Waals surface area contributed by atoms with Gasteiger partial charge in [0.15, 0.2) is 6.23 Å². The van der Waals surface area contributed by atoms with Crippen LogP contribution in [0.3, 0.4) is 0 Å². The Hall–Kier alpha value is -1.35. The predicted molar refractivity (Wildman–Crippen MR) is 89.9 cm³/mol. The number of unbranched alkanes of at least 4 members (excludes halogenated alkanes) is 2. The van der Waals surface area contributed by atoms with E-state index in [2.05, 4.69) is 19.9 Å². The van der Waals surface area contributed by atoms with Crippen LogP contribution in [0.2, 0.25) is 0 Å². The third-order valence-electron chi connectivity index (χ3n) is 4.50. The second kappa shape index (κ2) is 7.28. The minimum absolute atomic E-state index is 0.00747. The van der Waals surface area contributed by atoms with Crippen LogP contribution in [-0.4, -0.2) is 22.0 Å². The molecule has 1 aliphatic rings. The second-order valence-electron chi connectivity index (χ2n) is 6.60. The maximum atomic E-state index is 12.5. The Morgan fingerprint density at radius 2 is 1.77 bits per heavy atom. The van der Waals surface area contributed by atoms with Gasteiger partial charge in [0.05, 0.1) is 0 Å². The van der Waals surface area contributed by atoms with Crippen LogP contribution in [0.1, 0.15) is 86.7 Å². The normalized spacial score (nSPS) is 17.5. The third kappa shape index (κ3) is 3.19. The van der Waals surface area contributed by atoms with Gasteiger partial charge in [0.25, 0.3) is 5.91 Å². The fraction of sp³-hybridized carbons (Fsp3) is 0.632. The van der Waals surface area contributed by atoms with Gasteiger partial charge in [-0.05, 0) is 50.3 Å². The molecule has 0 aromatic heterocycles. The first-order valence-corrected chi connectivity index (χ1v) is 8.67. The number of fused-ring (bicyclic) bond motifs is 1. The Labute approximate surface area is 134 Å². The molecule has 1 aliphatic heterocycles. The van der Waals surface area contributed by atoms with Crippen molar-refractivity contribution in [3.63, 3.8) is 0 Å². The summed E-state index contributed by atoms with van der Waals surface area (Å²) in [6.07, 6.45) is 5.93. The molecule has 22 heavy (non-hydrogen) atoms. The van der Waals surface area contributed by atoms with Crippen LogP contribution in [0.25, 0.3) is 0 Å². The molecule has 1 amide bonds. The lowest BCUT2D eigenvalue weighted by Gasteiger charge is -2.24. The van der Waals surface area contributed by atoms with Gasteiger partial charge in [-0.2, -0.15) is 0 Å². The Balaban J connectivity index is 2.37. The maximum absolute atomic E-state index is 12.5. The first kappa shape index (κ1) is 17.0. The van der Waals surface area contributed by atoms with Crippen molar-refractivity contribution in [3.05, 3.63) is 34.4 Å². The molecule has 0 bridgehead atoms. The average molecular weight is 303 g/mol. The summed E-state index contributed by atoms with van der Waals surface area (Å²) in [4.78, 5) is 14.1. The molecule has 1 aromatic rings. The molecule has 3 nitrogen and oxygen atoms in total. The molecule has 0 saturated heterocycles. The number of aliphatic hydroxyl groups is 1. The molecule has 0 saturated carbocycles. The van der Waals surface area contributed by atoms with Crippen molar-refractivity contribution < 1.29 is 9.90 Å². The standard InChI is InChI=1S/C19H29NO2/c1-5-7-8-10-15-12-17-16(11-14(15)9-6-2)18(21)20(13(3)4)19(17)22/h11-13,19,22H,5-10H2,1-4H3. The van der Waals surface area contributed by atoms with E-state index in [1.807, 2.05) is 19.9 Å². The molecule has 3 heteroatoms. The second-order valence-corrected chi connectivity index (χ2v) is 6.60. The first-order chi connectivity index (χ1) is 10.5. The molecule has 0 aliphatic carbocycles. The van der Waals surface area contributed by atoms with E-state index in [1.165, 1.54) is 30.4 Å². The topological polar surface area (TPSA) is 40.5 Å². The van der Waals surface area contributed by atoms with E-state index in [4.69, 9.17) is 0 Å². The third-order valence-corrected chi connectivity index (χ3v) is 4.50. The van der Waals surface area contributed by atoms with Crippen LogP contribution in [0.15, 0.2) is 12.1 Å². The maximum Gasteiger partial charge on any atom is 0.256 e. The van der Waals surface area contributed by atoms with Crippen molar-refractivity contribution in [2.45, 2.75) is 78.5 Å². The van der Waals surface area contributed by atoms with Gasteiger partial charge >= 0.3 is 0 Å². The minimum Gasteiger partial charge on any atom is -0.369 e. The summed E-state index contributed by atoms with van der Waals surface area (Å²) in [6.45, 7) is 8.27. The highest BCUT2D eigenvalue weighted by atomic mass is 16.3. The zero-order valence-corrected chi connectivity index (χ0v) is 14.4. The smallest absolute Gasteiger partial charge is 0.256 e. The van der Waals surface area contributed by atoms with E-state index >= 15 is 0 Å². The highest BCUT2D eigenvalue weighted by Gasteiger charge is 2.37. The number of amides is 1. The summed E-state index contributed by atoms with van der Waals surface area (Å²) in [7, 11) is 0. The lowest BCUT2D eigenvalue weighted by molar-refractivity contribution is 0.00368. The Bertz CT molecular complexity index is 536. The van der Waals surface area contributed by atoms with Gasteiger partial charge in [-0.1, -0.05) is 39.2 Å². The molecule has 1 heterocycles. The summed E-state index contributed by atoms with van der Waals surface area (Å²) >= 11 is 0. The van der Waals surface area contributed by atoms with Crippen LogP contribution in [0.5, 0.6) is 0 Å². The molecule has 2 rings (SSSR count). The van der Waals surface area contributed by atoms with E-state index in [-0.39, 0.29) is 11.9 Å². The van der Waals surface area contributed by atoms with Crippen LogP contribution >= 0.6 is 0 Å².